The molecule has 7 heteroatoms. The van der Waals surface area contributed by atoms with Gasteiger partial charge in [0.25, 0.3) is 0 Å². The van der Waals surface area contributed by atoms with E-state index in [1.807, 2.05) is 48.5 Å². The first kappa shape index (κ1) is 20.2. The molecule has 0 fully saturated rings. The Hall–Kier alpha value is -4.13. The third kappa shape index (κ3) is 5.08. The molecular formula is C24H20N2O5. The van der Waals surface area contributed by atoms with Crippen LogP contribution in [0.15, 0.2) is 83.3 Å². The van der Waals surface area contributed by atoms with Crippen LogP contribution >= 0.6 is 0 Å². The molecule has 0 unspecified atom stereocenters. The molecule has 1 atom stereocenters. The summed E-state index contributed by atoms with van der Waals surface area (Å²) in [6.45, 7) is -0.0209. The average molecular weight is 416 g/mol. The first-order chi connectivity index (χ1) is 15.1. The van der Waals surface area contributed by atoms with Gasteiger partial charge in [-0.1, -0.05) is 54.6 Å². The molecule has 2 N–H and O–H groups in total. The Labute approximate surface area is 178 Å². The van der Waals surface area contributed by atoms with Gasteiger partial charge >= 0.3 is 12.1 Å². The molecule has 4 rings (SSSR count). The Morgan fingerprint density at radius 2 is 1.68 bits per heavy atom. The Morgan fingerprint density at radius 1 is 0.968 bits per heavy atom. The lowest BCUT2D eigenvalue weighted by Gasteiger charge is -2.14. The number of carboxylic acid groups (broad SMARTS) is 1. The molecule has 1 aromatic heterocycles. The van der Waals surface area contributed by atoms with E-state index in [4.69, 9.17) is 9.15 Å². The van der Waals surface area contributed by atoms with E-state index in [1.54, 1.807) is 30.3 Å². The van der Waals surface area contributed by atoms with Crippen LogP contribution < -0.4 is 5.32 Å². The molecule has 0 saturated carbocycles. The first-order valence-electron chi connectivity index (χ1n) is 9.73. The number of benzene rings is 3. The zero-order valence-electron chi connectivity index (χ0n) is 16.5. The van der Waals surface area contributed by atoms with Crippen LogP contribution in [0.1, 0.15) is 11.1 Å². The van der Waals surface area contributed by atoms with E-state index < -0.39 is 18.1 Å². The van der Waals surface area contributed by atoms with Crippen LogP contribution in [-0.2, 0) is 22.6 Å². The van der Waals surface area contributed by atoms with Gasteiger partial charge < -0.3 is 19.6 Å². The van der Waals surface area contributed by atoms with Gasteiger partial charge in [0.2, 0.25) is 5.89 Å². The molecule has 1 heterocycles. The smallest absolute Gasteiger partial charge is 0.408 e. The summed E-state index contributed by atoms with van der Waals surface area (Å²) in [4.78, 5) is 28.1. The molecular weight excluding hydrogens is 396 g/mol. The van der Waals surface area contributed by atoms with E-state index in [0.717, 1.165) is 11.1 Å². The number of hydrogen-bond acceptors (Lipinski definition) is 5. The number of carbonyl (C=O) groups excluding carboxylic acids is 1. The average Bonchev–Trinajstić information content (AvgIpc) is 3.22. The maximum Gasteiger partial charge on any atom is 0.408 e. The predicted octanol–water partition coefficient (Wildman–Crippen LogP) is 4.42. The highest BCUT2D eigenvalue weighted by Gasteiger charge is 2.21. The molecule has 7 nitrogen and oxygen atoms in total. The largest absolute Gasteiger partial charge is 0.480 e. The highest BCUT2D eigenvalue weighted by Crippen LogP contribution is 2.24. The lowest BCUT2D eigenvalue weighted by molar-refractivity contribution is -0.139. The summed E-state index contributed by atoms with van der Waals surface area (Å²) in [7, 11) is 0. The fraction of sp³-hybridized carbons (Fsp3) is 0.125. The van der Waals surface area contributed by atoms with Gasteiger partial charge in [-0.25, -0.2) is 14.6 Å². The molecule has 1 amide bonds. The lowest BCUT2D eigenvalue weighted by Crippen LogP contribution is -2.42. The van der Waals surface area contributed by atoms with Crippen LogP contribution in [0, 0.1) is 0 Å². The number of rotatable bonds is 7. The first-order valence-corrected chi connectivity index (χ1v) is 9.73. The van der Waals surface area contributed by atoms with Gasteiger partial charge in [0.05, 0.1) is 0 Å². The highest BCUT2D eigenvalue weighted by atomic mass is 16.5. The van der Waals surface area contributed by atoms with E-state index in [-0.39, 0.29) is 13.0 Å². The van der Waals surface area contributed by atoms with Crippen molar-refractivity contribution >= 4 is 23.2 Å². The molecule has 0 spiro atoms. The van der Waals surface area contributed by atoms with Crippen LogP contribution in [0.4, 0.5) is 4.79 Å². The lowest BCUT2D eigenvalue weighted by atomic mass is 10.1. The molecule has 0 aliphatic heterocycles. The zero-order chi connectivity index (χ0) is 21.6. The minimum absolute atomic E-state index is 0.0209. The summed E-state index contributed by atoms with van der Waals surface area (Å²) in [5, 5.41) is 11.8. The van der Waals surface area contributed by atoms with E-state index in [1.165, 1.54) is 0 Å². The topological polar surface area (TPSA) is 102 Å². The molecule has 31 heavy (non-hydrogen) atoms. The number of ether oxygens (including phenoxy) is 1. The van der Waals surface area contributed by atoms with Crippen LogP contribution in [0.25, 0.3) is 22.6 Å². The van der Waals surface area contributed by atoms with Gasteiger partial charge in [0.1, 0.15) is 18.2 Å². The Balaban J connectivity index is 1.38. The van der Waals surface area contributed by atoms with Crippen LogP contribution in [0.2, 0.25) is 0 Å². The summed E-state index contributed by atoms with van der Waals surface area (Å²) in [6.07, 6.45) is -0.633. The van der Waals surface area contributed by atoms with Crippen molar-refractivity contribution in [3.05, 3.63) is 90.0 Å². The van der Waals surface area contributed by atoms with Gasteiger partial charge in [-0.05, 0) is 35.4 Å². The minimum Gasteiger partial charge on any atom is -0.480 e. The second-order valence-corrected chi connectivity index (χ2v) is 6.99. The molecule has 0 saturated heterocycles. The van der Waals surface area contributed by atoms with Crippen LogP contribution in [0.5, 0.6) is 0 Å². The standard InChI is InChI=1S/C24H20N2O5/c27-23(28)20(13-16-7-3-1-4-8-16)26-24(29)30-15-17-11-12-21-19(14-17)25-22(31-21)18-9-5-2-6-10-18/h1-12,14,20H,13,15H2,(H,26,29)(H,27,28)/t20-/m1/s1. The van der Waals surface area contributed by atoms with Crippen molar-refractivity contribution in [3.63, 3.8) is 0 Å². The second kappa shape index (κ2) is 9.13. The number of alkyl carbamates (subject to hydrolysis) is 1. The number of fused-ring (bicyclic) bond motifs is 1. The molecule has 0 bridgehead atoms. The van der Waals surface area contributed by atoms with Crippen molar-refractivity contribution in [2.75, 3.05) is 0 Å². The number of oxazole rings is 1. The van der Waals surface area contributed by atoms with Gasteiger partial charge in [0.15, 0.2) is 5.58 Å². The number of hydrogen-bond donors (Lipinski definition) is 2. The molecule has 0 aliphatic carbocycles. The Bertz CT molecular complexity index is 1190. The van der Waals surface area contributed by atoms with E-state index >= 15 is 0 Å². The highest BCUT2D eigenvalue weighted by molar-refractivity contribution is 5.80. The normalized spacial score (nSPS) is 11.7. The van der Waals surface area contributed by atoms with Crippen molar-refractivity contribution in [2.45, 2.75) is 19.1 Å². The molecule has 156 valence electrons. The Kier molecular flexibility index (Phi) is 5.93. The summed E-state index contributed by atoms with van der Waals surface area (Å²) in [6, 6.07) is 22.9. The number of nitrogens with one attached hydrogen (secondary N) is 1. The molecule has 0 radical (unpaired) electrons. The maximum absolute atomic E-state index is 12.1. The SMILES string of the molecule is O=C(N[C@H](Cc1ccccc1)C(=O)O)OCc1ccc2oc(-c3ccccc3)nc2c1. The summed E-state index contributed by atoms with van der Waals surface area (Å²) >= 11 is 0. The number of nitrogens with zero attached hydrogens (tertiary/aromatic N) is 1. The maximum atomic E-state index is 12.1. The van der Waals surface area contributed by atoms with Crippen molar-refractivity contribution < 1.29 is 23.8 Å². The third-order valence-corrected chi connectivity index (χ3v) is 4.72. The van der Waals surface area contributed by atoms with Crippen LogP contribution in [0.3, 0.4) is 0 Å². The number of amides is 1. The van der Waals surface area contributed by atoms with Gasteiger partial charge in [0, 0.05) is 12.0 Å². The predicted molar refractivity (Wildman–Crippen MR) is 114 cm³/mol. The fourth-order valence-corrected chi connectivity index (χ4v) is 3.15. The fourth-order valence-electron chi connectivity index (χ4n) is 3.15. The van der Waals surface area contributed by atoms with Crippen molar-refractivity contribution in [2.24, 2.45) is 0 Å². The van der Waals surface area contributed by atoms with Crippen LogP contribution in [-0.4, -0.2) is 28.2 Å². The summed E-state index contributed by atoms with van der Waals surface area (Å²) < 4.78 is 11.0. The molecule has 0 aliphatic rings. The van der Waals surface area contributed by atoms with Gasteiger partial charge in [-0.2, -0.15) is 0 Å². The summed E-state index contributed by atoms with van der Waals surface area (Å²) in [5.74, 6) is -0.616. The van der Waals surface area contributed by atoms with E-state index in [2.05, 4.69) is 10.3 Å². The molecule has 3 aromatic carbocycles. The second-order valence-electron chi connectivity index (χ2n) is 6.99. The number of carboxylic acids is 1. The zero-order valence-corrected chi connectivity index (χ0v) is 16.5. The quantitative estimate of drug-likeness (QED) is 0.463. The van der Waals surface area contributed by atoms with E-state index in [9.17, 15) is 14.7 Å². The van der Waals surface area contributed by atoms with Crippen molar-refractivity contribution in [3.8, 4) is 11.5 Å². The summed E-state index contributed by atoms with van der Waals surface area (Å²) in [5.41, 5.74) is 3.66. The number of aromatic nitrogens is 1. The third-order valence-electron chi connectivity index (χ3n) is 4.72. The van der Waals surface area contributed by atoms with Crippen molar-refractivity contribution in [1.82, 2.24) is 10.3 Å². The number of aliphatic carboxylic acids is 1. The van der Waals surface area contributed by atoms with Gasteiger partial charge in [-0.3, -0.25) is 0 Å². The van der Waals surface area contributed by atoms with Gasteiger partial charge in [-0.15, -0.1) is 0 Å². The minimum atomic E-state index is -1.13. The monoisotopic (exact) mass is 416 g/mol. The Morgan fingerprint density at radius 3 is 2.39 bits per heavy atom. The molecule has 4 aromatic rings. The van der Waals surface area contributed by atoms with Crippen molar-refractivity contribution in [1.29, 1.82) is 0 Å². The van der Waals surface area contributed by atoms with E-state index in [0.29, 0.717) is 22.6 Å². The number of carbonyl (C=O) groups is 2.